The van der Waals surface area contributed by atoms with Crippen LogP contribution in [0, 0.1) is 5.92 Å². The zero-order chi connectivity index (χ0) is 25.3. The molecule has 0 bridgehead atoms. The number of carboxylic acids is 1. The maximum absolute atomic E-state index is 13.5. The number of hydrogen-bond acceptors (Lipinski definition) is 2. The molecule has 2 aromatic carbocycles. The second-order valence-electron chi connectivity index (χ2n) is 8.36. The van der Waals surface area contributed by atoms with E-state index in [2.05, 4.69) is 0 Å². The maximum Gasteiger partial charge on any atom is 0.458 e. The number of benzene rings is 2. The summed E-state index contributed by atoms with van der Waals surface area (Å²) in [6, 6.07) is 7.76. The highest BCUT2D eigenvalue weighted by atomic mass is 19.4. The van der Waals surface area contributed by atoms with Crippen molar-refractivity contribution in [1.29, 1.82) is 0 Å². The number of nitrogens with zero attached hydrogens (tertiary/aromatic N) is 1. The van der Waals surface area contributed by atoms with Gasteiger partial charge in [-0.15, -0.1) is 0 Å². The van der Waals surface area contributed by atoms with Crippen molar-refractivity contribution in [3.05, 3.63) is 70.8 Å². The van der Waals surface area contributed by atoms with Crippen LogP contribution in [0.1, 0.15) is 47.6 Å². The molecule has 1 aliphatic rings. The second kappa shape index (κ2) is 9.52. The molecule has 0 spiro atoms. The lowest BCUT2D eigenvalue weighted by Gasteiger charge is -2.39. The predicted molar refractivity (Wildman–Crippen MR) is 106 cm³/mol. The minimum atomic E-state index is -5.73. The van der Waals surface area contributed by atoms with Gasteiger partial charge in [0.05, 0.1) is 5.56 Å². The van der Waals surface area contributed by atoms with Gasteiger partial charge in [-0.05, 0) is 48.6 Å². The Kier molecular flexibility index (Phi) is 7.26. The summed E-state index contributed by atoms with van der Waals surface area (Å²) in [6.07, 6.45) is -9.51. The van der Waals surface area contributed by atoms with Gasteiger partial charge in [0.15, 0.2) is 0 Å². The Bertz CT molecular complexity index is 984. The van der Waals surface area contributed by atoms with E-state index in [4.69, 9.17) is 5.11 Å². The number of carbonyl (C=O) groups is 1. The van der Waals surface area contributed by atoms with Crippen LogP contribution >= 0.6 is 0 Å². The summed E-state index contributed by atoms with van der Waals surface area (Å²) >= 11 is 0. The van der Waals surface area contributed by atoms with Gasteiger partial charge < -0.3 is 5.11 Å². The number of halogens is 8. The number of aliphatic carboxylic acids is 1. The van der Waals surface area contributed by atoms with Gasteiger partial charge in [-0.2, -0.15) is 35.1 Å². The van der Waals surface area contributed by atoms with Gasteiger partial charge in [0.2, 0.25) is 0 Å². The first-order chi connectivity index (χ1) is 15.7. The molecule has 0 radical (unpaired) electrons. The number of piperidine rings is 1. The highest BCUT2D eigenvalue weighted by Gasteiger charge is 2.58. The van der Waals surface area contributed by atoms with Crippen LogP contribution in [0.2, 0.25) is 0 Å². The monoisotopic (exact) mass is 495 g/mol. The Hall–Kier alpha value is -2.69. The second-order valence-corrected chi connectivity index (χ2v) is 8.36. The van der Waals surface area contributed by atoms with Crippen molar-refractivity contribution in [2.75, 3.05) is 6.54 Å². The Morgan fingerprint density at radius 3 is 1.94 bits per heavy atom. The fraction of sp³-hybridized carbons (Fsp3) is 0.435. The third kappa shape index (κ3) is 5.86. The van der Waals surface area contributed by atoms with Crippen molar-refractivity contribution < 1.29 is 45.0 Å². The molecule has 1 N–H and O–H groups in total. The van der Waals surface area contributed by atoms with Gasteiger partial charge >= 0.3 is 24.2 Å². The molecule has 1 heterocycles. The number of alkyl halides is 8. The highest BCUT2D eigenvalue weighted by Crippen LogP contribution is 2.44. The van der Waals surface area contributed by atoms with Crippen molar-refractivity contribution in [3.63, 3.8) is 0 Å². The van der Waals surface area contributed by atoms with Crippen LogP contribution in [0.5, 0.6) is 0 Å². The average molecular weight is 495 g/mol. The first-order valence-corrected chi connectivity index (χ1v) is 10.4. The van der Waals surface area contributed by atoms with E-state index in [1.54, 1.807) is 0 Å². The van der Waals surface area contributed by atoms with Crippen molar-refractivity contribution in [2.24, 2.45) is 5.92 Å². The first-order valence-electron chi connectivity index (χ1n) is 10.4. The summed E-state index contributed by atoms with van der Waals surface area (Å²) in [4.78, 5) is 13.0. The average Bonchev–Trinajstić information content (AvgIpc) is 2.73. The zero-order valence-corrected chi connectivity index (χ0v) is 17.6. The molecule has 3 nitrogen and oxygen atoms in total. The van der Waals surface area contributed by atoms with Gasteiger partial charge in [0.25, 0.3) is 0 Å². The molecule has 0 aliphatic carbocycles. The molecule has 0 aromatic heterocycles. The summed E-state index contributed by atoms with van der Waals surface area (Å²) in [5.74, 6) is -6.21. The topological polar surface area (TPSA) is 40.5 Å². The minimum Gasteiger partial charge on any atom is -0.481 e. The van der Waals surface area contributed by atoms with Crippen molar-refractivity contribution in [3.8, 4) is 0 Å². The van der Waals surface area contributed by atoms with Gasteiger partial charge in [0.1, 0.15) is 0 Å². The molecule has 0 saturated carbocycles. The molecule has 3 rings (SSSR count). The fourth-order valence-electron chi connectivity index (χ4n) is 4.17. The van der Waals surface area contributed by atoms with Gasteiger partial charge in [-0.3, -0.25) is 9.69 Å². The summed E-state index contributed by atoms with van der Waals surface area (Å²) in [7, 11) is 0. The number of carboxylic acid groups (broad SMARTS) is 1. The summed E-state index contributed by atoms with van der Waals surface area (Å²) in [5, 5.41) is 9.12. The van der Waals surface area contributed by atoms with Crippen LogP contribution in [0.15, 0.2) is 48.5 Å². The number of hydrogen-bond donors (Lipinski definition) is 1. The van der Waals surface area contributed by atoms with Gasteiger partial charge in [-0.25, -0.2) is 0 Å². The van der Waals surface area contributed by atoms with Gasteiger partial charge in [-0.1, -0.05) is 36.4 Å². The molecule has 186 valence electrons. The normalized spacial score (nSPS) is 20.4. The number of rotatable bonds is 6. The van der Waals surface area contributed by atoms with Gasteiger partial charge in [0, 0.05) is 24.6 Å². The van der Waals surface area contributed by atoms with E-state index in [-0.39, 0.29) is 18.9 Å². The fourth-order valence-corrected chi connectivity index (χ4v) is 4.17. The molecule has 2 aromatic rings. The maximum atomic E-state index is 13.5. The molecule has 1 aliphatic heterocycles. The molecular formula is C23H21F8NO2. The highest BCUT2D eigenvalue weighted by molar-refractivity contribution is 5.67. The third-order valence-corrected chi connectivity index (χ3v) is 5.97. The lowest BCUT2D eigenvalue weighted by atomic mass is 9.84. The standard InChI is InChI=1S/C23H21F8NO2/c24-21(25,23(29,30)31)17-5-1-14(2-6-17)13-32-10-9-15(12-20(33)34)11-19(32)16-3-7-18(8-4-16)22(26,27)28/h1-8,15,19H,9-13H2,(H,33,34). The summed E-state index contributed by atoms with van der Waals surface area (Å²) in [6.45, 7) is 0.521. The quantitative estimate of drug-likeness (QED) is 0.449. The van der Waals surface area contributed by atoms with Crippen LogP contribution in [0.3, 0.4) is 0 Å². The van der Waals surface area contributed by atoms with E-state index in [1.807, 2.05) is 4.90 Å². The Balaban J connectivity index is 1.83. The van der Waals surface area contributed by atoms with Crippen molar-refractivity contribution in [2.45, 2.75) is 50.1 Å². The van der Waals surface area contributed by atoms with Crippen LogP contribution in [0.25, 0.3) is 0 Å². The van der Waals surface area contributed by atoms with E-state index in [0.29, 0.717) is 42.6 Å². The van der Waals surface area contributed by atoms with E-state index >= 15 is 0 Å². The first kappa shape index (κ1) is 25.9. The molecule has 2 unspecified atom stereocenters. The molecule has 1 fully saturated rings. The SMILES string of the molecule is O=C(O)CC1CCN(Cc2ccc(C(F)(F)C(F)(F)F)cc2)C(c2ccc(C(F)(F)F)cc2)C1. The smallest absolute Gasteiger partial charge is 0.458 e. The molecule has 1 saturated heterocycles. The molecule has 34 heavy (non-hydrogen) atoms. The Morgan fingerprint density at radius 1 is 0.882 bits per heavy atom. The predicted octanol–water partition coefficient (Wildman–Crippen LogP) is 6.79. The van der Waals surface area contributed by atoms with Crippen LogP contribution in [0.4, 0.5) is 35.1 Å². The van der Waals surface area contributed by atoms with Crippen LogP contribution < -0.4 is 0 Å². The zero-order valence-electron chi connectivity index (χ0n) is 17.6. The largest absolute Gasteiger partial charge is 0.481 e. The van der Waals surface area contributed by atoms with E-state index < -0.39 is 41.4 Å². The van der Waals surface area contributed by atoms with Crippen molar-refractivity contribution in [1.82, 2.24) is 4.90 Å². The Labute approximate surface area is 190 Å². The Morgan fingerprint density at radius 2 is 1.44 bits per heavy atom. The third-order valence-electron chi connectivity index (χ3n) is 5.97. The van der Waals surface area contributed by atoms with E-state index in [9.17, 15) is 39.9 Å². The molecule has 2 atom stereocenters. The minimum absolute atomic E-state index is 0.105. The van der Waals surface area contributed by atoms with Crippen LogP contribution in [-0.4, -0.2) is 28.7 Å². The van der Waals surface area contributed by atoms with E-state index in [0.717, 1.165) is 24.3 Å². The number of likely N-dealkylation sites (tertiary alicyclic amines) is 1. The van der Waals surface area contributed by atoms with Crippen LogP contribution in [-0.2, 0) is 23.4 Å². The van der Waals surface area contributed by atoms with Crippen molar-refractivity contribution >= 4 is 5.97 Å². The summed E-state index contributed by atoms with van der Waals surface area (Å²) < 4.78 is 104. The molecular weight excluding hydrogens is 474 g/mol. The van der Waals surface area contributed by atoms with E-state index in [1.165, 1.54) is 12.1 Å². The lowest BCUT2D eigenvalue weighted by molar-refractivity contribution is -0.289. The lowest BCUT2D eigenvalue weighted by Crippen LogP contribution is -2.37. The molecule has 0 amide bonds. The molecule has 11 heteroatoms. The summed E-state index contributed by atoms with van der Waals surface area (Å²) in [5.41, 5.74) is -1.05.